The molecule has 2 aromatic rings. The summed E-state index contributed by atoms with van der Waals surface area (Å²) in [6.07, 6.45) is 1.55. The van der Waals surface area contributed by atoms with Gasteiger partial charge in [-0.3, -0.25) is 14.4 Å². The van der Waals surface area contributed by atoms with Gasteiger partial charge in [0.05, 0.1) is 30.2 Å². The number of methoxy groups -OCH3 is 1. The number of aromatic hydroxyl groups is 1. The summed E-state index contributed by atoms with van der Waals surface area (Å²) in [7, 11) is -1.78. The minimum Gasteiger partial charge on any atom is -0.494 e. The van der Waals surface area contributed by atoms with E-state index in [9.17, 15) is 23.6 Å². The van der Waals surface area contributed by atoms with Crippen LogP contribution in [0.1, 0.15) is 29.2 Å². The van der Waals surface area contributed by atoms with Gasteiger partial charge >= 0.3 is 0 Å². The molecule has 0 spiro atoms. The van der Waals surface area contributed by atoms with Gasteiger partial charge in [-0.2, -0.15) is 5.26 Å². The zero-order valence-electron chi connectivity index (χ0n) is 15.4. The molecule has 0 bridgehead atoms. The van der Waals surface area contributed by atoms with Gasteiger partial charge in [0.1, 0.15) is 23.1 Å². The minimum atomic E-state index is -3.29. The van der Waals surface area contributed by atoms with Crippen molar-refractivity contribution < 1.29 is 18.3 Å². The summed E-state index contributed by atoms with van der Waals surface area (Å²) in [4.78, 5) is 17.0. The summed E-state index contributed by atoms with van der Waals surface area (Å²) in [5.41, 5.74) is 0.119. The predicted octanol–water partition coefficient (Wildman–Crippen LogP) is 1.85. The molecule has 1 aliphatic rings. The van der Waals surface area contributed by atoms with Gasteiger partial charge in [-0.05, 0) is 31.0 Å². The highest BCUT2D eigenvalue weighted by molar-refractivity contribution is 7.91. The molecule has 8 nitrogen and oxygen atoms in total. The Balaban J connectivity index is 2.17. The highest BCUT2D eigenvalue weighted by atomic mass is 32.2. The van der Waals surface area contributed by atoms with E-state index in [0.717, 1.165) is 4.57 Å². The summed E-state index contributed by atoms with van der Waals surface area (Å²) in [6.45, 7) is 1.54. The molecular formula is C19H19N3O5S. The van der Waals surface area contributed by atoms with Crippen LogP contribution in [0, 0.1) is 18.3 Å². The molecule has 146 valence electrons. The van der Waals surface area contributed by atoms with Crippen molar-refractivity contribution in [3.8, 4) is 17.7 Å². The Bertz CT molecular complexity index is 1160. The molecule has 0 amide bonds. The molecule has 1 N–H and O–H groups in total. The van der Waals surface area contributed by atoms with E-state index >= 15 is 0 Å². The lowest BCUT2D eigenvalue weighted by atomic mass is 10.0. The molecule has 3 rings (SSSR count). The second-order valence-corrected chi connectivity index (χ2v) is 8.74. The first-order chi connectivity index (χ1) is 13.3. The quantitative estimate of drug-likeness (QED) is 0.780. The number of ether oxygens (including phenoxy) is 1. The second kappa shape index (κ2) is 7.48. The molecule has 0 saturated carbocycles. The Hall–Kier alpha value is -3.12. The number of aromatic nitrogens is 1. The second-order valence-electron chi connectivity index (χ2n) is 6.51. The summed E-state index contributed by atoms with van der Waals surface area (Å²) in [5, 5.41) is 20.2. The van der Waals surface area contributed by atoms with Crippen LogP contribution >= 0.6 is 0 Å². The molecule has 1 aliphatic heterocycles. The summed E-state index contributed by atoms with van der Waals surface area (Å²) in [5.74, 6) is -0.199. The average molecular weight is 401 g/mol. The smallest absolute Gasteiger partial charge is 0.271 e. The van der Waals surface area contributed by atoms with Crippen LogP contribution in [0.2, 0.25) is 0 Å². The third-order valence-electron chi connectivity index (χ3n) is 4.78. The van der Waals surface area contributed by atoms with E-state index in [2.05, 4.69) is 4.99 Å². The minimum absolute atomic E-state index is 0.0655. The standard InChI is InChI=1S/C19H19N3O5S/c1-12-14(9-20)18(23)22(13-7-8-28(25,26)11-13)19(24)15(12)10-21-16-5-3-4-6-17(16)27-2/h3-6,10,13,24H,7-8,11H2,1-2H3. The van der Waals surface area contributed by atoms with E-state index in [0.29, 0.717) is 11.4 Å². The van der Waals surface area contributed by atoms with Gasteiger partial charge in [-0.15, -0.1) is 0 Å². The maximum absolute atomic E-state index is 12.7. The van der Waals surface area contributed by atoms with E-state index in [1.54, 1.807) is 31.2 Å². The van der Waals surface area contributed by atoms with Crippen LogP contribution in [0.4, 0.5) is 5.69 Å². The van der Waals surface area contributed by atoms with Crippen LogP contribution in [-0.4, -0.2) is 42.9 Å². The van der Waals surface area contributed by atoms with E-state index < -0.39 is 27.3 Å². The number of hydrogen-bond acceptors (Lipinski definition) is 7. The fourth-order valence-electron chi connectivity index (χ4n) is 3.28. The number of nitriles is 1. The van der Waals surface area contributed by atoms with E-state index in [1.165, 1.54) is 13.3 Å². The molecule has 1 aromatic heterocycles. The molecule has 9 heteroatoms. The fourth-order valence-corrected chi connectivity index (χ4v) is 4.98. The number of nitrogens with zero attached hydrogens (tertiary/aromatic N) is 3. The van der Waals surface area contributed by atoms with Crippen molar-refractivity contribution >= 4 is 21.7 Å². The van der Waals surface area contributed by atoms with Crippen LogP contribution in [-0.2, 0) is 9.84 Å². The fraction of sp³-hybridized carbons (Fsp3) is 0.316. The third-order valence-corrected chi connectivity index (χ3v) is 6.53. The van der Waals surface area contributed by atoms with Gasteiger partial charge in [-0.1, -0.05) is 12.1 Å². The Morgan fingerprint density at radius 2 is 2.11 bits per heavy atom. The number of aliphatic imine (C=N–C) groups is 1. The zero-order chi connectivity index (χ0) is 20.5. The first kappa shape index (κ1) is 19.6. The summed E-state index contributed by atoms with van der Waals surface area (Å²) >= 11 is 0. The van der Waals surface area contributed by atoms with Gasteiger partial charge < -0.3 is 9.84 Å². The van der Waals surface area contributed by atoms with Crippen molar-refractivity contribution in [1.82, 2.24) is 4.57 Å². The Morgan fingerprint density at radius 1 is 1.39 bits per heavy atom. The van der Waals surface area contributed by atoms with Crippen LogP contribution < -0.4 is 10.3 Å². The lowest BCUT2D eigenvalue weighted by Crippen LogP contribution is -2.29. The predicted molar refractivity (Wildman–Crippen MR) is 104 cm³/mol. The topological polar surface area (TPSA) is 122 Å². The van der Waals surface area contributed by atoms with Crippen molar-refractivity contribution in [3.05, 3.63) is 51.3 Å². The van der Waals surface area contributed by atoms with E-state index in [1.807, 2.05) is 6.07 Å². The van der Waals surface area contributed by atoms with Crippen molar-refractivity contribution in [2.45, 2.75) is 19.4 Å². The number of hydrogen-bond donors (Lipinski definition) is 1. The molecule has 1 fully saturated rings. The highest BCUT2D eigenvalue weighted by Crippen LogP contribution is 2.31. The Kier molecular flexibility index (Phi) is 5.25. The normalized spacial score (nSPS) is 18.2. The Labute approximate surface area is 162 Å². The molecule has 1 unspecified atom stereocenters. The van der Waals surface area contributed by atoms with Gasteiger partial charge in [0, 0.05) is 6.21 Å². The van der Waals surface area contributed by atoms with Crippen LogP contribution in [0.3, 0.4) is 0 Å². The number of benzene rings is 1. The van der Waals surface area contributed by atoms with Gasteiger partial charge in [-0.25, -0.2) is 8.42 Å². The van der Waals surface area contributed by atoms with Crippen molar-refractivity contribution in [1.29, 1.82) is 5.26 Å². The lowest BCUT2D eigenvalue weighted by Gasteiger charge is -2.18. The molecule has 0 radical (unpaired) electrons. The maximum Gasteiger partial charge on any atom is 0.271 e. The number of sulfone groups is 1. The first-order valence-corrected chi connectivity index (χ1v) is 10.4. The van der Waals surface area contributed by atoms with Crippen LogP contribution in [0.15, 0.2) is 34.1 Å². The summed E-state index contributed by atoms with van der Waals surface area (Å²) < 4.78 is 29.9. The largest absolute Gasteiger partial charge is 0.494 e. The van der Waals surface area contributed by atoms with Crippen LogP contribution in [0.25, 0.3) is 0 Å². The van der Waals surface area contributed by atoms with Gasteiger partial charge in [0.25, 0.3) is 5.56 Å². The zero-order valence-corrected chi connectivity index (χ0v) is 16.2. The molecule has 0 aliphatic carbocycles. The molecule has 28 heavy (non-hydrogen) atoms. The van der Waals surface area contributed by atoms with Crippen molar-refractivity contribution in [2.75, 3.05) is 18.6 Å². The molecule has 1 atom stereocenters. The summed E-state index contributed by atoms with van der Waals surface area (Å²) in [6, 6.07) is 8.14. The first-order valence-electron chi connectivity index (χ1n) is 8.54. The van der Waals surface area contributed by atoms with Gasteiger partial charge in [0.2, 0.25) is 5.88 Å². The van der Waals surface area contributed by atoms with Gasteiger partial charge in [0.15, 0.2) is 9.84 Å². The maximum atomic E-state index is 12.7. The molecular weight excluding hydrogens is 382 g/mol. The van der Waals surface area contributed by atoms with Crippen LogP contribution in [0.5, 0.6) is 11.6 Å². The van der Waals surface area contributed by atoms with E-state index in [-0.39, 0.29) is 34.6 Å². The molecule has 1 aromatic carbocycles. The monoisotopic (exact) mass is 401 g/mol. The molecule has 1 saturated heterocycles. The van der Waals surface area contributed by atoms with Crippen molar-refractivity contribution in [3.63, 3.8) is 0 Å². The number of para-hydroxylation sites is 2. The third kappa shape index (κ3) is 3.51. The Morgan fingerprint density at radius 3 is 2.71 bits per heavy atom. The number of rotatable bonds is 4. The average Bonchev–Trinajstić information content (AvgIpc) is 3.01. The molecule has 2 heterocycles. The van der Waals surface area contributed by atoms with E-state index in [4.69, 9.17) is 4.74 Å². The van der Waals surface area contributed by atoms with Crippen molar-refractivity contribution in [2.24, 2.45) is 4.99 Å². The highest BCUT2D eigenvalue weighted by Gasteiger charge is 2.33. The number of pyridine rings is 1. The lowest BCUT2D eigenvalue weighted by molar-refractivity contribution is 0.379. The SMILES string of the molecule is COc1ccccc1N=Cc1c(C)c(C#N)c(=O)n(C2CCS(=O)(=O)C2)c1O.